The highest BCUT2D eigenvalue weighted by Gasteiger charge is 2.16. The van der Waals surface area contributed by atoms with E-state index in [4.69, 9.17) is 4.74 Å². The van der Waals surface area contributed by atoms with E-state index < -0.39 is 11.7 Å². The summed E-state index contributed by atoms with van der Waals surface area (Å²) in [6.07, 6.45) is 2.05. The number of aliphatic imine (C=N–C) groups is 1. The monoisotopic (exact) mass is 341 g/mol. The molecule has 0 aromatic heterocycles. The van der Waals surface area contributed by atoms with Crippen LogP contribution in [-0.2, 0) is 4.74 Å². The number of hydrogen-bond acceptors (Lipinski definition) is 3. The smallest absolute Gasteiger partial charge is 0.258 e. The molecule has 0 bridgehead atoms. The Kier molecular flexibility index (Phi) is 5.74. The minimum atomic E-state index is -0.457. The Bertz CT molecular complexity index is 743. The number of guanidine groups is 1. The quantitative estimate of drug-likeness (QED) is 0.663. The third-order valence-electron chi connectivity index (χ3n) is 3.83. The Hall–Kier alpha value is -2.73. The molecule has 1 fully saturated rings. The number of anilines is 1. The molecule has 130 valence electrons. The van der Waals surface area contributed by atoms with Crippen LogP contribution < -0.4 is 10.6 Å². The van der Waals surface area contributed by atoms with Gasteiger partial charge in [-0.25, -0.2) is 9.38 Å². The van der Waals surface area contributed by atoms with Crippen molar-refractivity contribution in [2.45, 2.75) is 18.9 Å². The summed E-state index contributed by atoms with van der Waals surface area (Å²) in [4.78, 5) is 16.8. The highest BCUT2D eigenvalue weighted by molar-refractivity contribution is 6.09. The molecule has 5 nitrogen and oxygen atoms in total. The van der Waals surface area contributed by atoms with Gasteiger partial charge in [-0.3, -0.25) is 10.1 Å². The molecule has 1 aliphatic rings. The summed E-state index contributed by atoms with van der Waals surface area (Å²) < 4.78 is 18.9. The molecule has 0 aliphatic carbocycles. The van der Waals surface area contributed by atoms with Crippen molar-refractivity contribution in [3.63, 3.8) is 0 Å². The van der Waals surface area contributed by atoms with Crippen LogP contribution in [0.3, 0.4) is 0 Å². The molecule has 2 aromatic rings. The van der Waals surface area contributed by atoms with E-state index in [1.807, 2.05) is 30.3 Å². The molecule has 0 saturated carbocycles. The van der Waals surface area contributed by atoms with Crippen LogP contribution in [0.4, 0.5) is 10.1 Å². The average molecular weight is 341 g/mol. The van der Waals surface area contributed by atoms with E-state index in [0.717, 1.165) is 25.1 Å². The van der Waals surface area contributed by atoms with Crippen LogP contribution in [0.2, 0.25) is 0 Å². The van der Waals surface area contributed by atoms with Gasteiger partial charge in [0.25, 0.3) is 5.91 Å². The molecule has 3 rings (SSSR count). The maximum Gasteiger partial charge on any atom is 0.258 e. The highest BCUT2D eigenvalue weighted by atomic mass is 19.1. The van der Waals surface area contributed by atoms with Crippen LogP contribution in [0.15, 0.2) is 59.6 Å². The number of amides is 1. The van der Waals surface area contributed by atoms with Gasteiger partial charge in [-0.1, -0.05) is 24.3 Å². The number of nitrogens with zero attached hydrogens (tertiary/aromatic N) is 1. The predicted octanol–water partition coefficient (Wildman–Crippen LogP) is 3.20. The molecule has 1 amide bonds. The summed E-state index contributed by atoms with van der Waals surface area (Å²) in [7, 11) is 0. The number of ether oxygens (including phenoxy) is 1. The van der Waals surface area contributed by atoms with Gasteiger partial charge < -0.3 is 10.1 Å². The third kappa shape index (κ3) is 5.12. The Morgan fingerprint density at radius 3 is 2.76 bits per heavy atom. The number of carbonyl (C=O) groups is 1. The fraction of sp³-hybridized carbons (Fsp3) is 0.263. The zero-order valence-electron chi connectivity index (χ0n) is 13.7. The second-order valence-corrected chi connectivity index (χ2v) is 5.78. The lowest BCUT2D eigenvalue weighted by atomic mass is 10.2. The molecule has 0 radical (unpaired) electrons. The van der Waals surface area contributed by atoms with Crippen LogP contribution in [0.1, 0.15) is 23.2 Å². The lowest BCUT2D eigenvalue weighted by Gasteiger charge is -2.13. The van der Waals surface area contributed by atoms with Crippen molar-refractivity contribution < 1.29 is 13.9 Å². The van der Waals surface area contributed by atoms with Crippen molar-refractivity contribution in [3.05, 3.63) is 66.0 Å². The molecular formula is C19H20FN3O2. The average Bonchev–Trinajstić information content (AvgIpc) is 3.14. The van der Waals surface area contributed by atoms with E-state index in [1.54, 1.807) is 6.07 Å². The summed E-state index contributed by atoms with van der Waals surface area (Å²) in [5.74, 6) is -0.563. The highest BCUT2D eigenvalue weighted by Crippen LogP contribution is 2.12. The second-order valence-electron chi connectivity index (χ2n) is 5.78. The maximum absolute atomic E-state index is 13.3. The number of halogens is 1. The normalized spacial score (nSPS) is 17.3. The SMILES string of the molecule is O=C(NC(=NC[C@@H]1CCCO1)Nc1ccccc1)c1cccc(F)c1. The fourth-order valence-corrected chi connectivity index (χ4v) is 2.56. The summed E-state index contributed by atoms with van der Waals surface area (Å²) in [6, 6.07) is 15.0. The zero-order valence-corrected chi connectivity index (χ0v) is 13.7. The topological polar surface area (TPSA) is 62.7 Å². The van der Waals surface area contributed by atoms with Gasteiger partial charge in [0.2, 0.25) is 5.96 Å². The first kappa shape index (κ1) is 17.1. The van der Waals surface area contributed by atoms with Gasteiger partial charge in [-0.15, -0.1) is 0 Å². The number of benzene rings is 2. The summed E-state index contributed by atoms with van der Waals surface area (Å²) in [6.45, 7) is 1.20. The number of rotatable bonds is 4. The lowest BCUT2D eigenvalue weighted by Crippen LogP contribution is -2.36. The van der Waals surface area contributed by atoms with Gasteiger partial charge in [0.15, 0.2) is 0 Å². The summed E-state index contributed by atoms with van der Waals surface area (Å²) in [5.41, 5.74) is 1.04. The minimum absolute atomic E-state index is 0.0682. The first-order valence-corrected chi connectivity index (χ1v) is 8.26. The van der Waals surface area contributed by atoms with Crippen molar-refractivity contribution in [2.24, 2.45) is 4.99 Å². The first-order valence-electron chi connectivity index (χ1n) is 8.26. The van der Waals surface area contributed by atoms with Crippen molar-refractivity contribution in [3.8, 4) is 0 Å². The molecule has 1 heterocycles. The van der Waals surface area contributed by atoms with Crippen molar-refractivity contribution >= 4 is 17.6 Å². The van der Waals surface area contributed by atoms with Gasteiger partial charge in [-0.2, -0.15) is 0 Å². The Morgan fingerprint density at radius 1 is 1.20 bits per heavy atom. The number of para-hydroxylation sites is 1. The van der Waals surface area contributed by atoms with E-state index in [2.05, 4.69) is 15.6 Å². The number of carbonyl (C=O) groups excluding carboxylic acids is 1. The number of hydrogen-bond donors (Lipinski definition) is 2. The lowest BCUT2D eigenvalue weighted by molar-refractivity contribution is 0.0975. The van der Waals surface area contributed by atoms with Crippen molar-refractivity contribution in [2.75, 3.05) is 18.5 Å². The second kappa shape index (κ2) is 8.39. The van der Waals surface area contributed by atoms with E-state index >= 15 is 0 Å². The van der Waals surface area contributed by atoms with E-state index in [9.17, 15) is 9.18 Å². The van der Waals surface area contributed by atoms with Crippen molar-refractivity contribution in [1.29, 1.82) is 0 Å². The Labute approximate surface area is 145 Å². The molecule has 1 saturated heterocycles. The molecule has 2 aromatic carbocycles. The predicted molar refractivity (Wildman–Crippen MR) is 95.2 cm³/mol. The van der Waals surface area contributed by atoms with Gasteiger partial charge in [0, 0.05) is 17.9 Å². The molecule has 25 heavy (non-hydrogen) atoms. The van der Waals surface area contributed by atoms with Crippen molar-refractivity contribution in [1.82, 2.24) is 5.32 Å². The molecule has 1 aliphatic heterocycles. The fourth-order valence-electron chi connectivity index (χ4n) is 2.56. The Morgan fingerprint density at radius 2 is 2.04 bits per heavy atom. The first-order chi connectivity index (χ1) is 12.2. The largest absolute Gasteiger partial charge is 0.376 e. The van der Waals surface area contributed by atoms with Crippen LogP contribution in [0, 0.1) is 5.82 Å². The van der Waals surface area contributed by atoms with Crippen LogP contribution in [0.25, 0.3) is 0 Å². The van der Waals surface area contributed by atoms with Gasteiger partial charge in [0.05, 0.1) is 12.6 Å². The molecular weight excluding hydrogens is 321 g/mol. The van der Waals surface area contributed by atoms with Crippen LogP contribution in [0.5, 0.6) is 0 Å². The molecule has 6 heteroatoms. The number of nitrogens with one attached hydrogen (secondary N) is 2. The van der Waals surface area contributed by atoms with E-state index in [-0.39, 0.29) is 11.7 Å². The third-order valence-corrected chi connectivity index (χ3v) is 3.83. The molecule has 0 unspecified atom stereocenters. The molecule has 1 atom stereocenters. The van der Waals surface area contributed by atoms with Gasteiger partial charge >= 0.3 is 0 Å². The zero-order chi connectivity index (χ0) is 17.5. The summed E-state index contributed by atoms with van der Waals surface area (Å²) >= 11 is 0. The van der Waals surface area contributed by atoms with Crippen LogP contribution in [-0.4, -0.2) is 31.1 Å². The Balaban J connectivity index is 1.72. The van der Waals surface area contributed by atoms with Crippen LogP contribution >= 0.6 is 0 Å². The van der Waals surface area contributed by atoms with Gasteiger partial charge in [-0.05, 0) is 43.2 Å². The van der Waals surface area contributed by atoms with Gasteiger partial charge in [0.1, 0.15) is 5.82 Å². The van der Waals surface area contributed by atoms with E-state index in [1.165, 1.54) is 18.2 Å². The maximum atomic E-state index is 13.3. The minimum Gasteiger partial charge on any atom is -0.376 e. The molecule has 2 N–H and O–H groups in total. The molecule has 0 spiro atoms. The summed E-state index contributed by atoms with van der Waals surface area (Å²) in [5, 5.41) is 5.80. The standard InChI is InChI=1S/C19H20FN3O2/c20-15-7-4-6-14(12-15)18(24)23-19(21-13-17-10-5-11-25-17)22-16-8-2-1-3-9-16/h1-4,6-9,12,17H,5,10-11,13H2,(H2,21,22,23,24)/t17-/m0/s1. The van der Waals surface area contributed by atoms with E-state index in [0.29, 0.717) is 12.5 Å².